The van der Waals surface area contributed by atoms with E-state index >= 15 is 0 Å². The summed E-state index contributed by atoms with van der Waals surface area (Å²) in [5, 5.41) is 11.4. The molecular weight excluding hydrogens is 436 g/mol. The fraction of sp³-hybridized carbons (Fsp3) is 0.318. The second-order valence-electron chi connectivity index (χ2n) is 7.10. The van der Waals surface area contributed by atoms with Crippen molar-refractivity contribution >= 4 is 52.1 Å². The Balaban J connectivity index is 1.72. The lowest BCUT2D eigenvalue weighted by Gasteiger charge is -2.11. The third-order valence-electron chi connectivity index (χ3n) is 5.04. The quantitative estimate of drug-likeness (QED) is 0.283. The van der Waals surface area contributed by atoms with Gasteiger partial charge in [-0.2, -0.15) is 0 Å². The summed E-state index contributed by atoms with van der Waals surface area (Å²) in [4.78, 5) is 19.0. The number of esters is 1. The minimum atomic E-state index is -0.321. The van der Waals surface area contributed by atoms with Crippen molar-refractivity contribution in [3.8, 4) is 11.6 Å². The Bertz CT molecular complexity index is 1170. The third-order valence-corrected chi connectivity index (χ3v) is 7.53. The van der Waals surface area contributed by atoms with E-state index in [-0.39, 0.29) is 11.8 Å². The number of thiophene rings is 1. The molecule has 0 radical (unpaired) electrons. The Morgan fingerprint density at radius 1 is 1.27 bits per heavy atom. The average molecular weight is 459 g/mol. The van der Waals surface area contributed by atoms with Gasteiger partial charge in [-0.15, -0.1) is 11.3 Å². The highest BCUT2D eigenvalue weighted by Gasteiger charge is 2.26. The van der Waals surface area contributed by atoms with Crippen molar-refractivity contribution in [3.63, 3.8) is 0 Å². The first kappa shape index (κ1) is 21.0. The van der Waals surface area contributed by atoms with Crippen molar-refractivity contribution in [1.29, 1.82) is 0 Å². The summed E-state index contributed by atoms with van der Waals surface area (Å²) in [5.74, 6) is -0.269. The smallest absolute Gasteiger partial charge is 0.341 e. The van der Waals surface area contributed by atoms with Crippen molar-refractivity contribution in [2.24, 2.45) is 4.99 Å². The van der Waals surface area contributed by atoms with Gasteiger partial charge < -0.3 is 9.84 Å². The number of ether oxygens (including phenoxy) is 1. The van der Waals surface area contributed by atoms with Gasteiger partial charge in [0.15, 0.2) is 3.95 Å². The van der Waals surface area contributed by atoms with Crippen LogP contribution in [-0.4, -0.2) is 28.5 Å². The topological polar surface area (TPSA) is 63.8 Å². The number of aromatic hydroxyl groups is 1. The largest absolute Gasteiger partial charge is 0.493 e. The number of rotatable bonds is 5. The van der Waals surface area contributed by atoms with Crippen LogP contribution in [0.25, 0.3) is 5.69 Å². The lowest BCUT2D eigenvalue weighted by atomic mass is 9.95. The number of aliphatic imine (C=N–C) groups is 1. The van der Waals surface area contributed by atoms with E-state index in [0.717, 1.165) is 42.5 Å². The van der Waals surface area contributed by atoms with Gasteiger partial charge in [-0.25, -0.2) is 9.79 Å². The molecule has 1 aliphatic carbocycles. The summed E-state index contributed by atoms with van der Waals surface area (Å²) in [7, 11) is 0. The molecule has 0 aliphatic heterocycles. The lowest BCUT2D eigenvalue weighted by Crippen LogP contribution is -2.09. The molecule has 156 valence electrons. The zero-order valence-corrected chi connectivity index (χ0v) is 19.3. The molecule has 0 fully saturated rings. The van der Waals surface area contributed by atoms with Crippen LogP contribution in [0.4, 0.5) is 5.00 Å². The summed E-state index contributed by atoms with van der Waals surface area (Å²) < 4.78 is 7.45. The molecule has 2 heterocycles. The predicted molar refractivity (Wildman–Crippen MR) is 125 cm³/mol. The molecule has 3 aromatic rings. The van der Waals surface area contributed by atoms with Crippen molar-refractivity contribution in [2.45, 2.75) is 39.5 Å². The van der Waals surface area contributed by atoms with Crippen LogP contribution in [0.3, 0.4) is 0 Å². The van der Waals surface area contributed by atoms with Gasteiger partial charge in [-0.1, -0.05) is 29.0 Å². The second-order valence-corrected chi connectivity index (χ2v) is 9.86. The van der Waals surface area contributed by atoms with Gasteiger partial charge in [0.05, 0.1) is 24.1 Å². The van der Waals surface area contributed by atoms with Crippen LogP contribution in [0.15, 0.2) is 29.3 Å². The van der Waals surface area contributed by atoms with Gasteiger partial charge in [0.2, 0.25) is 5.88 Å². The van der Waals surface area contributed by atoms with E-state index in [1.165, 1.54) is 16.2 Å². The molecule has 4 rings (SSSR count). The molecule has 0 unspecified atom stereocenters. The highest BCUT2D eigenvalue weighted by Crippen LogP contribution is 2.40. The number of hydrogen-bond acceptors (Lipinski definition) is 7. The number of thiazole rings is 1. The Morgan fingerprint density at radius 3 is 2.73 bits per heavy atom. The van der Waals surface area contributed by atoms with Crippen LogP contribution >= 0.6 is 34.9 Å². The number of carbonyl (C=O) groups excluding carboxylic acids is 1. The summed E-state index contributed by atoms with van der Waals surface area (Å²) >= 11 is 8.29. The molecule has 1 N–H and O–H groups in total. The first-order chi connectivity index (χ1) is 14.5. The summed E-state index contributed by atoms with van der Waals surface area (Å²) in [6, 6.07) is 7.79. The molecule has 30 heavy (non-hydrogen) atoms. The molecule has 0 amide bonds. The fourth-order valence-corrected chi connectivity index (χ4v) is 6.00. The maximum atomic E-state index is 12.6. The van der Waals surface area contributed by atoms with Crippen molar-refractivity contribution < 1.29 is 14.6 Å². The third kappa shape index (κ3) is 3.99. The van der Waals surface area contributed by atoms with Gasteiger partial charge in [0, 0.05) is 4.88 Å². The molecule has 0 saturated carbocycles. The number of benzene rings is 1. The van der Waals surface area contributed by atoms with E-state index in [0.29, 0.717) is 26.0 Å². The minimum absolute atomic E-state index is 0.0524. The molecular formula is C22H22N2O3S3. The summed E-state index contributed by atoms with van der Waals surface area (Å²) in [6.45, 7) is 4.14. The van der Waals surface area contributed by atoms with Crippen LogP contribution in [0.1, 0.15) is 51.0 Å². The molecule has 1 aromatic carbocycles. The van der Waals surface area contributed by atoms with Crippen LogP contribution < -0.4 is 0 Å². The van der Waals surface area contributed by atoms with E-state index in [1.807, 2.05) is 31.2 Å². The van der Waals surface area contributed by atoms with Crippen LogP contribution in [0.5, 0.6) is 5.88 Å². The fourth-order valence-electron chi connectivity index (χ4n) is 3.56. The monoisotopic (exact) mass is 458 g/mol. The van der Waals surface area contributed by atoms with Crippen LogP contribution in [0, 0.1) is 10.9 Å². The number of aryl methyl sites for hydroxylation is 2. The van der Waals surface area contributed by atoms with Gasteiger partial charge in [-0.05, 0) is 69.4 Å². The minimum Gasteiger partial charge on any atom is -0.493 e. The molecule has 5 nitrogen and oxygen atoms in total. The highest BCUT2D eigenvalue weighted by molar-refractivity contribution is 7.73. The zero-order chi connectivity index (χ0) is 21.3. The Labute approximate surface area is 188 Å². The van der Waals surface area contributed by atoms with E-state index in [9.17, 15) is 9.90 Å². The average Bonchev–Trinajstić information content (AvgIpc) is 3.24. The van der Waals surface area contributed by atoms with Gasteiger partial charge in [0.1, 0.15) is 9.88 Å². The molecule has 0 spiro atoms. The summed E-state index contributed by atoms with van der Waals surface area (Å²) in [5.41, 5.74) is 3.59. The lowest BCUT2D eigenvalue weighted by molar-refractivity contribution is 0.0526. The van der Waals surface area contributed by atoms with Gasteiger partial charge in [0.25, 0.3) is 0 Å². The van der Waals surface area contributed by atoms with Crippen molar-refractivity contribution in [2.75, 3.05) is 6.61 Å². The molecule has 2 aromatic heterocycles. The normalized spacial score (nSPS) is 13.5. The van der Waals surface area contributed by atoms with Crippen LogP contribution in [-0.2, 0) is 17.6 Å². The molecule has 1 aliphatic rings. The predicted octanol–water partition coefficient (Wildman–Crippen LogP) is 6.15. The van der Waals surface area contributed by atoms with Crippen LogP contribution in [0.2, 0.25) is 0 Å². The molecule has 0 bridgehead atoms. The second kappa shape index (κ2) is 8.83. The summed E-state index contributed by atoms with van der Waals surface area (Å²) in [6.07, 6.45) is 5.64. The first-order valence-corrected chi connectivity index (χ1v) is 11.9. The number of aromatic nitrogens is 1. The molecule has 0 atom stereocenters. The number of fused-ring (bicyclic) bond motifs is 1. The van der Waals surface area contributed by atoms with E-state index in [4.69, 9.17) is 17.0 Å². The highest BCUT2D eigenvalue weighted by atomic mass is 32.1. The number of carbonyl (C=O) groups is 1. The van der Waals surface area contributed by atoms with Crippen molar-refractivity contribution in [3.05, 3.63) is 54.7 Å². The zero-order valence-electron chi connectivity index (χ0n) is 16.8. The Kier molecular flexibility index (Phi) is 6.17. The SMILES string of the molecule is CCOC(=O)c1c(/N=C/c2sc(=S)n(-c3ccc(C)cc3)c2O)sc2c1CCCC2. The van der Waals surface area contributed by atoms with Gasteiger partial charge >= 0.3 is 5.97 Å². The Hall–Kier alpha value is -2.29. The van der Waals surface area contributed by atoms with Gasteiger partial charge in [-0.3, -0.25) is 4.57 Å². The molecule has 0 saturated heterocycles. The van der Waals surface area contributed by atoms with E-state index < -0.39 is 0 Å². The van der Waals surface area contributed by atoms with E-state index in [2.05, 4.69) is 4.99 Å². The number of nitrogens with zero attached hydrogens (tertiary/aromatic N) is 2. The first-order valence-electron chi connectivity index (χ1n) is 9.87. The molecule has 8 heteroatoms. The Morgan fingerprint density at radius 2 is 2.00 bits per heavy atom. The maximum absolute atomic E-state index is 12.6. The maximum Gasteiger partial charge on any atom is 0.341 e. The van der Waals surface area contributed by atoms with Crippen molar-refractivity contribution in [1.82, 2.24) is 4.57 Å². The number of hydrogen-bond donors (Lipinski definition) is 1. The standard InChI is InChI=1S/C22H22N2O3S3/c1-3-27-21(26)18-15-6-4-5-7-16(15)29-19(18)23-12-17-20(25)24(22(28)30-17)14-10-8-13(2)9-11-14/h8-12,25H,3-7H2,1-2H3/b23-12+. The van der Waals surface area contributed by atoms with E-state index in [1.54, 1.807) is 29.0 Å².